The molecule has 0 aliphatic rings. The number of hydrogen-bond donors (Lipinski definition) is 0. The summed E-state index contributed by atoms with van der Waals surface area (Å²) in [6.45, 7) is 12.6. The quantitative estimate of drug-likeness (QED) is 0.209. The van der Waals surface area contributed by atoms with Crippen LogP contribution in [0.1, 0.15) is 112 Å². The van der Waals surface area contributed by atoms with Crippen molar-refractivity contribution in [3.63, 3.8) is 0 Å². The van der Waals surface area contributed by atoms with Gasteiger partial charge in [0.2, 0.25) is 0 Å². The zero-order valence-corrected chi connectivity index (χ0v) is 16.8. The van der Waals surface area contributed by atoms with Gasteiger partial charge in [0, 0.05) is 26.1 Å². The minimum atomic E-state index is -0.319. The van der Waals surface area contributed by atoms with Crippen molar-refractivity contribution in [2.24, 2.45) is 5.92 Å². The first-order chi connectivity index (χ1) is 11.1. The van der Waals surface area contributed by atoms with Crippen molar-refractivity contribution >= 4 is 0 Å². The van der Waals surface area contributed by atoms with Crippen molar-refractivity contribution in [3.8, 4) is 0 Å². The molecule has 0 fully saturated rings. The van der Waals surface area contributed by atoms with Gasteiger partial charge in [0.25, 0.3) is 0 Å². The average molecular weight is 329 g/mol. The summed E-state index contributed by atoms with van der Waals surface area (Å²) in [4.78, 5) is 0. The SMILES string of the molecule is CCCCCCC(C)CCCC(CCCCC)(OCC)OCC. The van der Waals surface area contributed by atoms with Gasteiger partial charge in [-0.25, -0.2) is 0 Å². The van der Waals surface area contributed by atoms with Crippen LogP contribution in [-0.4, -0.2) is 19.0 Å². The molecule has 0 aromatic rings. The zero-order chi connectivity index (χ0) is 17.4. The fourth-order valence-electron chi connectivity index (χ4n) is 3.41. The maximum Gasteiger partial charge on any atom is 0.168 e. The van der Waals surface area contributed by atoms with E-state index in [4.69, 9.17) is 9.47 Å². The fraction of sp³-hybridized carbons (Fsp3) is 1.00. The van der Waals surface area contributed by atoms with Gasteiger partial charge in [0.05, 0.1) is 0 Å². The lowest BCUT2D eigenvalue weighted by Gasteiger charge is -2.34. The molecule has 0 heterocycles. The Labute approximate surface area is 146 Å². The van der Waals surface area contributed by atoms with Gasteiger partial charge in [-0.15, -0.1) is 0 Å². The third-order valence-corrected chi connectivity index (χ3v) is 4.78. The monoisotopic (exact) mass is 328 g/mol. The normalized spacial score (nSPS) is 13.4. The molecule has 1 atom stereocenters. The van der Waals surface area contributed by atoms with Crippen molar-refractivity contribution in [2.75, 3.05) is 13.2 Å². The fourth-order valence-corrected chi connectivity index (χ4v) is 3.41. The molecule has 0 amide bonds. The zero-order valence-electron chi connectivity index (χ0n) is 16.8. The predicted molar refractivity (Wildman–Crippen MR) is 102 cm³/mol. The summed E-state index contributed by atoms with van der Waals surface area (Å²) in [5.74, 6) is 0.518. The summed E-state index contributed by atoms with van der Waals surface area (Å²) >= 11 is 0. The van der Waals surface area contributed by atoms with Crippen LogP contribution in [0, 0.1) is 5.92 Å². The highest BCUT2D eigenvalue weighted by atomic mass is 16.7. The Bertz CT molecular complexity index is 234. The predicted octanol–water partition coefficient (Wildman–Crippen LogP) is 7.11. The van der Waals surface area contributed by atoms with Crippen LogP contribution in [0.5, 0.6) is 0 Å². The molecule has 0 rings (SSSR count). The van der Waals surface area contributed by atoms with Crippen molar-refractivity contribution < 1.29 is 9.47 Å². The molecule has 1 unspecified atom stereocenters. The second kappa shape index (κ2) is 15.4. The van der Waals surface area contributed by atoms with E-state index in [1.807, 2.05) is 0 Å². The average Bonchev–Trinajstić information content (AvgIpc) is 2.52. The summed E-state index contributed by atoms with van der Waals surface area (Å²) in [5, 5.41) is 0. The maximum atomic E-state index is 6.09. The number of ether oxygens (including phenoxy) is 2. The Kier molecular flexibility index (Phi) is 15.4. The molecule has 0 aromatic heterocycles. The second-order valence-corrected chi connectivity index (χ2v) is 7.08. The van der Waals surface area contributed by atoms with Crippen molar-refractivity contribution in [1.29, 1.82) is 0 Å². The van der Waals surface area contributed by atoms with Crippen LogP contribution in [0.25, 0.3) is 0 Å². The van der Waals surface area contributed by atoms with Gasteiger partial charge in [-0.2, -0.15) is 0 Å². The Morgan fingerprint density at radius 1 is 0.652 bits per heavy atom. The van der Waals surface area contributed by atoms with Crippen molar-refractivity contribution in [2.45, 2.75) is 117 Å². The van der Waals surface area contributed by atoms with Crippen LogP contribution >= 0.6 is 0 Å². The lowest BCUT2D eigenvalue weighted by molar-refractivity contribution is -0.242. The molecule has 2 heteroatoms. The van der Waals surface area contributed by atoms with Crippen LogP contribution in [0.2, 0.25) is 0 Å². The molecular weight excluding hydrogens is 284 g/mol. The summed E-state index contributed by atoms with van der Waals surface area (Å²) < 4.78 is 12.2. The van der Waals surface area contributed by atoms with E-state index in [9.17, 15) is 0 Å². The van der Waals surface area contributed by atoms with Crippen LogP contribution < -0.4 is 0 Å². The molecule has 140 valence electrons. The van der Waals surface area contributed by atoms with E-state index in [1.165, 1.54) is 64.2 Å². The van der Waals surface area contributed by atoms with Gasteiger partial charge in [-0.3, -0.25) is 0 Å². The molecule has 0 saturated carbocycles. The Morgan fingerprint density at radius 2 is 1.17 bits per heavy atom. The summed E-state index contributed by atoms with van der Waals surface area (Å²) in [5.41, 5.74) is 0. The Morgan fingerprint density at radius 3 is 1.74 bits per heavy atom. The molecular formula is C21H44O2. The molecule has 0 radical (unpaired) electrons. The van der Waals surface area contributed by atoms with Gasteiger partial charge < -0.3 is 9.47 Å². The lowest BCUT2D eigenvalue weighted by atomic mass is 9.94. The third-order valence-electron chi connectivity index (χ3n) is 4.78. The van der Waals surface area contributed by atoms with Crippen molar-refractivity contribution in [3.05, 3.63) is 0 Å². The van der Waals surface area contributed by atoms with Crippen LogP contribution in [0.3, 0.4) is 0 Å². The molecule has 0 aromatic carbocycles. The lowest BCUT2D eigenvalue weighted by Crippen LogP contribution is -2.36. The third kappa shape index (κ3) is 12.0. The summed E-state index contributed by atoms with van der Waals surface area (Å²) in [6, 6.07) is 0. The van der Waals surface area contributed by atoms with E-state index < -0.39 is 0 Å². The van der Waals surface area contributed by atoms with Gasteiger partial charge in [-0.05, 0) is 32.6 Å². The molecule has 2 nitrogen and oxygen atoms in total. The molecule has 0 spiro atoms. The van der Waals surface area contributed by atoms with Gasteiger partial charge in [0.1, 0.15) is 0 Å². The first-order valence-electron chi connectivity index (χ1n) is 10.4. The van der Waals surface area contributed by atoms with Crippen LogP contribution in [0.15, 0.2) is 0 Å². The first-order valence-corrected chi connectivity index (χ1v) is 10.4. The molecule has 23 heavy (non-hydrogen) atoms. The van der Waals surface area contributed by atoms with E-state index in [0.29, 0.717) is 0 Å². The summed E-state index contributed by atoms with van der Waals surface area (Å²) in [7, 11) is 0. The number of rotatable bonds is 17. The van der Waals surface area contributed by atoms with E-state index in [1.54, 1.807) is 0 Å². The Hall–Kier alpha value is -0.0800. The maximum absolute atomic E-state index is 6.09. The van der Waals surface area contributed by atoms with E-state index in [2.05, 4.69) is 34.6 Å². The van der Waals surface area contributed by atoms with Crippen LogP contribution in [0.4, 0.5) is 0 Å². The standard InChI is InChI=1S/C21H44O2/c1-6-10-12-13-16-20(5)17-15-19-21(22-8-3,23-9-4)18-14-11-7-2/h20H,6-19H2,1-5H3. The minimum Gasteiger partial charge on any atom is -0.350 e. The summed E-state index contributed by atoms with van der Waals surface area (Å²) in [6.07, 6.45) is 15.3. The van der Waals surface area contributed by atoms with Gasteiger partial charge in [-0.1, -0.05) is 72.1 Å². The van der Waals surface area contributed by atoms with E-state index in [-0.39, 0.29) is 5.79 Å². The van der Waals surface area contributed by atoms with Crippen LogP contribution in [-0.2, 0) is 9.47 Å². The Balaban J connectivity index is 4.19. The highest BCUT2D eigenvalue weighted by Gasteiger charge is 2.30. The highest BCUT2D eigenvalue weighted by Crippen LogP contribution is 2.29. The minimum absolute atomic E-state index is 0.319. The molecule has 0 aliphatic carbocycles. The number of unbranched alkanes of at least 4 members (excludes halogenated alkanes) is 5. The molecule has 0 bridgehead atoms. The second-order valence-electron chi connectivity index (χ2n) is 7.08. The van der Waals surface area contributed by atoms with Gasteiger partial charge in [0.15, 0.2) is 5.79 Å². The van der Waals surface area contributed by atoms with Crippen molar-refractivity contribution in [1.82, 2.24) is 0 Å². The molecule has 0 saturated heterocycles. The van der Waals surface area contributed by atoms with E-state index >= 15 is 0 Å². The smallest absolute Gasteiger partial charge is 0.168 e. The molecule has 0 N–H and O–H groups in total. The van der Waals surface area contributed by atoms with Gasteiger partial charge >= 0.3 is 0 Å². The highest BCUT2D eigenvalue weighted by molar-refractivity contribution is 4.71. The topological polar surface area (TPSA) is 18.5 Å². The number of hydrogen-bond acceptors (Lipinski definition) is 2. The van der Waals surface area contributed by atoms with E-state index in [0.717, 1.165) is 32.0 Å². The largest absolute Gasteiger partial charge is 0.350 e. The molecule has 0 aliphatic heterocycles. The first kappa shape index (κ1) is 22.9.